The lowest BCUT2D eigenvalue weighted by Crippen LogP contribution is -2.53. The average Bonchev–Trinajstić information content (AvgIpc) is 2.12. The minimum atomic E-state index is -3.20. The van der Waals surface area contributed by atoms with Crippen LogP contribution in [0, 0.1) is 5.41 Å². The Labute approximate surface area is 106 Å². The van der Waals surface area contributed by atoms with E-state index in [-0.39, 0.29) is 23.3 Å². The van der Waals surface area contributed by atoms with Gasteiger partial charge in [-0.3, -0.25) is 0 Å². The lowest BCUT2D eigenvalue weighted by Gasteiger charge is -2.40. The molecular formula is C12H26N2O2S. The summed E-state index contributed by atoms with van der Waals surface area (Å²) in [6.45, 7) is 8.28. The van der Waals surface area contributed by atoms with Gasteiger partial charge < -0.3 is 5.73 Å². The first-order valence-electron chi connectivity index (χ1n) is 6.38. The van der Waals surface area contributed by atoms with E-state index in [1.165, 1.54) is 0 Å². The number of nitrogens with zero attached hydrogens (tertiary/aromatic N) is 1. The van der Waals surface area contributed by atoms with Crippen molar-refractivity contribution in [1.29, 1.82) is 0 Å². The van der Waals surface area contributed by atoms with Crippen molar-refractivity contribution < 1.29 is 8.42 Å². The number of nitrogens with two attached hydrogens (primary N) is 1. The Hall–Kier alpha value is -0.130. The van der Waals surface area contributed by atoms with Crippen LogP contribution >= 0.6 is 0 Å². The summed E-state index contributed by atoms with van der Waals surface area (Å²) >= 11 is 0. The maximum atomic E-state index is 12.5. The first-order chi connectivity index (χ1) is 7.67. The maximum Gasteiger partial charge on any atom is 0.215 e. The van der Waals surface area contributed by atoms with Gasteiger partial charge in [0.15, 0.2) is 0 Å². The van der Waals surface area contributed by atoms with E-state index >= 15 is 0 Å². The predicted molar refractivity (Wildman–Crippen MR) is 71.2 cm³/mol. The molecule has 2 unspecified atom stereocenters. The molecule has 1 heterocycles. The molecule has 102 valence electrons. The molecule has 1 saturated heterocycles. The number of sulfonamides is 1. The number of hydrogen-bond donors (Lipinski definition) is 1. The normalized spacial score (nSPS) is 28.3. The van der Waals surface area contributed by atoms with Crippen molar-refractivity contribution in [2.24, 2.45) is 11.1 Å². The van der Waals surface area contributed by atoms with Crippen LogP contribution in [0.3, 0.4) is 0 Å². The van der Waals surface area contributed by atoms with Crippen LogP contribution in [0.15, 0.2) is 0 Å². The average molecular weight is 262 g/mol. The Morgan fingerprint density at radius 3 is 2.35 bits per heavy atom. The maximum absolute atomic E-state index is 12.5. The molecule has 1 rings (SSSR count). The molecule has 0 aromatic carbocycles. The van der Waals surface area contributed by atoms with Crippen molar-refractivity contribution in [3.05, 3.63) is 0 Å². The molecule has 0 bridgehead atoms. The monoisotopic (exact) mass is 262 g/mol. The highest BCUT2D eigenvalue weighted by Crippen LogP contribution is 2.28. The van der Waals surface area contributed by atoms with Gasteiger partial charge in [-0.15, -0.1) is 0 Å². The number of piperidine rings is 1. The molecule has 0 spiro atoms. The first kappa shape index (κ1) is 14.9. The van der Waals surface area contributed by atoms with Crippen molar-refractivity contribution in [3.63, 3.8) is 0 Å². The summed E-state index contributed by atoms with van der Waals surface area (Å²) in [5.41, 5.74) is 5.50. The third kappa shape index (κ3) is 3.93. The highest BCUT2D eigenvalue weighted by atomic mass is 32.2. The standard InChI is InChI=1S/C12H26N2O2S/c1-10-6-5-7-11(8-13)14(10)17(15,16)9-12(2,3)4/h10-11H,5-9,13H2,1-4H3. The molecule has 0 aliphatic carbocycles. The SMILES string of the molecule is CC1CCCC(CN)N1S(=O)(=O)CC(C)(C)C. The van der Waals surface area contributed by atoms with Gasteiger partial charge in [0.05, 0.1) is 5.75 Å². The Balaban J connectivity index is 2.93. The van der Waals surface area contributed by atoms with Crippen LogP contribution in [0.1, 0.15) is 47.0 Å². The Bertz CT molecular complexity index is 346. The van der Waals surface area contributed by atoms with Crippen LogP contribution in [-0.2, 0) is 10.0 Å². The van der Waals surface area contributed by atoms with Crippen LogP contribution in [0.4, 0.5) is 0 Å². The van der Waals surface area contributed by atoms with Crippen LogP contribution in [-0.4, -0.2) is 37.1 Å². The molecular weight excluding hydrogens is 236 g/mol. The first-order valence-corrected chi connectivity index (χ1v) is 7.99. The molecule has 1 aliphatic heterocycles. The highest BCUT2D eigenvalue weighted by molar-refractivity contribution is 7.89. The molecule has 17 heavy (non-hydrogen) atoms. The molecule has 1 aliphatic rings. The fourth-order valence-corrected chi connectivity index (χ4v) is 5.15. The van der Waals surface area contributed by atoms with E-state index in [9.17, 15) is 8.42 Å². The van der Waals surface area contributed by atoms with Gasteiger partial charge in [0.2, 0.25) is 10.0 Å². The van der Waals surface area contributed by atoms with Crippen molar-refractivity contribution in [1.82, 2.24) is 4.31 Å². The van der Waals surface area contributed by atoms with Crippen molar-refractivity contribution in [2.45, 2.75) is 59.0 Å². The van der Waals surface area contributed by atoms with Gasteiger partial charge in [-0.25, -0.2) is 8.42 Å². The second-order valence-electron chi connectivity index (χ2n) is 6.32. The number of hydrogen-bond acceptors (Lipinski definition) is 3. The second-order valence-corrected chi connectivity index (χ2v) is 8.19. The van der Waals surface area contributed by atoms with Gasteiger partial charge in [-0.2, -0.15) is 4.31 Å². The van der Waals surface area contributed by atoms with Crippen LogP contribution in [0.5, 0.6) is 0 Å². The zero-order chi connectivity index (χ0) is 13.3. The third-order valence-corrected chi connectivity index (χ3v) is 5.69. The zero-order valence-corrected chi connectivity index (χ0v) is 12.3. The van der Waals surface area contributed by atoms with Gasteiger partial charge in [-0.1, -0.05) is 27.2 Å². The van der Waals surface area contributed by atoms with Crippen molar-refractivity contribution in [2.75, 3.05) is 12.3 Å². The summed E-state index contributed by atoms with van der Waals surface area (Å²) in [4.78, 5) is 0. The van der Waals surface area contributed by atoms with Crippen molar-refractivity contribution in [3.8, 4) is 0 Å². The highest BCUT2D eigenvalue weighted by Gasteiger charge is 2.37. The van der Waals surface area contributed by atoms with E-state index in [0.717, 1.165) is 19.3 Å². The topological polar surface area (TPSA) is 63.4 Å². The summed E-state index contributed by atoms with van der Waals surface area (Å²) in [5.74, 6) is 0.195. The second kappa shape index (κ2) is 5.24. The van der Waals surface area contributed by atoms with E-state index in [2.05, 4.69) is 0 Å². The lowest BCUT2D eigenvalue weighted by molar-refractivity contribution is 0.193. The van der Waals surface area contributed by atoms with E-state index in [4.69, 9.17) is 5.73 Å². The van der Waals surface area contributed by atoms with Crippen LogP contribution in [0.2, 0.25) is 0 Å². The minimum Gasteiger partial charge on any atom is -0.329 e. The smallest absolute Gasteiger partial charge is 0.215 e. The van der Waals surface area contributed by atoms with E-state index in [1.54, 1.807) is 4.31 Å². The van der Waals surface area contributed by atoms with Gasteiger partial charge in [0, 0.05) is 18.6 Å². The third-order valence-electron chi connectivity index (χ3n) is 3.16. The molecule has 0 aromatic heterocycles. The molecule has 5 heteroatoms. The summed E-state index contributed by atoms with van der Waals surface area (Å²) in [5, 5.41) is 0. The molecule has 2 atom stereocenters. The molecule has 1 fully saturated rings. The summed E-state index contributed by atoms with van der Waals surface area (Å²) in [7, 11) is -3.20. The van der Waals surface area contributed by atoms with Crippen molar-refractivity contribution >= 4 is 10.0 Å². The largest absolute Gasteiger partial charge is 0.329 e. The Morgan fingerprint density at radius 2 is 1.88 bits per heavy atom. The lowest BCUT2D eigenvalue weighted by atomic mass is 10.00. The molecule has 4 nitrogen and oxygen atoms in total. The van der Waals surface area contributed by atoms with E-state index in [1.807, 2.05) is 27.7 Å². The number of rotatable bonds is 3. The summed E-state index contributed by atoms with van der Waals surface area (Å²) < 4.78 is 26.6. The summed E-state index contributed by atoms with van der Waals surface area (Å²) in [6, 6.07) is 0.0794. The Kier molecular flexibility index (Phi) is 4.60. The minimum absolute atomic E-state index is 0.00824. The van der Waals surface area contributed by atoms with Crippen LogP contribution in [0.25, 0.3) is 0 Å². The molecule has 0 radical (unpaired) electrons. The Morgan fingerprint density at radius 1 is 1.29 bits per heavy atom. The van der Waals surface area contributed by atoms with Gasteiger partial charge >= 0.3 is 0 Å². The molecule has 0 amide bonds. The van der Waals surface area contributed by atoms with E-state index < -0.39 is 10.0 Å². The fraction of sp³-hybridized carbons (Fsp3) is 1.00. The molecule has 0 aromatic rings. The fourth-order valence-electron chi connectivity index (χ4n) is 2.61. The quantitative estimate of drug-likeness (QED) is 0.839. The summed E-state index contributed by atoms with van der Waals surface area (Å²) in [6.07, 6.45) is 2.91. The van der Waals surface area contributed by atoms with Gasteiger partial charge in [0.1, 0.15) is 0 Å². The van der Waals surface area contributed by atoms with Gasteiger partial charge in [0.25, 0.3) is 0 Å². The van der Waals surface area contributed by atoms with Crippen LogP contribution < -0.4 is 5.73 Å². The molecule has 0 saturated carbocycles. The predicted octanol–water partition coefficient (Wildman–Crippen LogP) is 1.56. The molecule has 2 N–H and O–H groups in total. The van der Waals surface area contributed by atoms with E-state index in [0.29, 0.717) is 6.54 Å². The zero-order valence-electron chi connectivity index (χ0n) is 11.4. The van der Waals surface area contributed by atoms with Gasteiger partial charge in [-0.05, 0) is 25.2 Å².